The third-order valence-corrected chi connectivity index (χ3v) is 5.55. The average molecular weight is 411 g/mol. The number of halogens is 1. The second kappa shape index (κ2) is 10.7. The summed E-state index contributed by atoms with van der Waals surface area (Å²) in [6, 6.07) is 5.61. The first kappa shape index (κ1) is 21.7. The van der Waals surface area contributed by atoms with Crippen molar-refractivity contribution in [2.75, 3.05) is 41.9 Å². The molecule has 0 aliphatic carbocycles. The van der Waals surface area contributed by atoms with Gasteiger partial charge in [-0.1, -0.05) is 11.6 Å². The summed E-state index contributed by atoms with van der Waals surface area (Å²) in [5.41, 5.74) is 6.48. The van der Waals surface area contributed by atoms with E-state index in [2.05, 4.69) is 38.5 Å². The summed E-state index contributed by atoms with van der Waals surface area (Å²) >= 11 is 8.01. The van der Waals surface area contributed by atoms with Gasteiger partial charge < -0.3 is 21.5 Å². The van der Waals surface area contributed by atoms with Gasteiger partial charge in [0.2, 0.25) is 0 Å². The number of morpholine rings is 1. The molecule has 0 radical (unpaired) electrons. The minimum atomic E-state index is 0. The van der Waals surface area contributed by atoms with Crippen LogP contribution in [0.15, 0.2) is 24.4 Å². The van der Waals surface area contributed by atoms with Gasteiger partial charge in [0.1, 0.15) is 16.8 Å². The Morgan fingerprint density at radius 2 is 2.04 bits per heavy atom. The minimum Gasteiger partial charge on any atom is -0.384 e. The van der Waals surface area contributed by atoms with E-state index < -0.39 is 0 Å². The normalized spacial score (nSPS) is 19.0. The third-order valence-electron chi connectivity index (χ3n) is 4.20. The van der Waals surface area contributed by atoms with Gasteiger partial charge in [0, 0.05) is 18.3 Å². The van der Waals surface area contributed by atoms with E-state index in [0.29, 0.717) is 30.0 Å². The predicted molar refractivity (Wildman–Crippen MR) is 114 cm³/mol. The number of pyridine rings is 1. The van der Waals surface area contributed by atoms with Crippen LogP contribution in [0.1, 0.15) is 19.8 Å². The van der Waals surface area contributed by atoms with E-state index in [0.717, 1.165) is 17.9 Å². The Balaban J connectivity index is 0.000000379. The fourth-order valence-corrected chi connectivity index (χ4v) is 4.11. The molecule has 9 heteroatoms. The number of nitrogens with two attached hydrogens (primary N) is 1. The van der Waals surface area contributed by atoms with Crippen LogP contribution in [-0.2, 0) is 4.74 Å². The Morgan fingerprint density at radius 1 is 1.26 bits per heavy atom. The zero-order valence-corrected chi connectivity index (χ0v) is 17.2. The molecule has 0 aromatic carbocycles. The second-order valence-electron chi connectivity index (χ2n) is 6.28. The van der Waals surface area contributed by atoms with Crippen molar-refractivity contribution in [3.05, 3.63) is 29.5 Å². The van der Waals surface area contributed by atoms with Crippen molar-refractivity contribution < 1.29 is 4.74 Å². The van der Waals surface area contributed by atoms with E-state index in [1.165, 1.54) is 24.3 Å². The minimum absolute atomic E-state index is 0. The summed E-state index contributed by atoms with van der Waals surface area (Å²) < 4.78 is 5.45. The Bertz CT molecular complexity index is 703. The molecule has 0 bridgehead atoms. The molecule has 0 saturated carbocycles. The predicted octanol–water partition coefficient (Wildman–Crippen LogP) is 3.67. The molecule has 4 rings (SSSR count). The lowest BCUT2D eigenvalue weighted by atomic mass is 10.2. The van der Waals surface area contributed by atoms with E-state index in [-0.39, 0.29) is 12.2 Å². The Labute approximate surface area is 169 Å². The standard InChI is InChI=1S/C14H16ClN5O.C4H8S.H3N/c1-9-8-21-5-4-20(9)13-2-3-17-14(19-13)10-6-11(15)18-12(16)7-10;1-2-4-5-3-1;/h2-3,6-7,9H,4-5,8H2,1H3,(H2,16,18);1-4H2;1H3. The van der Waals surface area contributed by atoms with Crippen LogP contribution in [0.3, 0.4) is 0 Å². The highest BCUT2D eigenvalue weighted by Crippen LogP contribution is 2.24. The van der Waals surface area contributed by atoms with Crippen LogP contribution in [0, 0.1) is 0 Å². The molecule has 2 aliphatic rings. The highest BCUT2D eigenvalue weighted by Gasteiger charge is 2.20. The largest absolute Gasteiger partial charge is 0.384 e. The quantitative estimate of drug-likeness (QED) is 0.721. The smallest absolute Gasteiger partial charge is 0.161 e. The number of rotatable bonds is 2. The van der Waals surface area contributed by atoms with Crippen molar-refractivity contribution >= 4 is 35.0 Å². The highest BCUT2D eigenvalue weighted by molar-refractivity contribution is 7.99. The van der Waals surface area contributed by atoms with E-state index >= 15 is 0 Å². The maximum Gasteiger partial charge on any atom is 0.161 e. The number of nitrogen functional groups attached to an aromatic ring is 1. The van der Waals surface area contributed by atoms with E-state index in [9.17, 15) is 0 Å². The molecule has 0 amide bonds. The number of thioether (sulfide) groups is 1. The van der Waals surface area contributed by atoms with Gasteiger partial charge in [-0.3, -0.25) is 0 Å². The van der Waals surface area contributed by atoms with Crippen molar-refractivity contribution in [2.45, 2.75) is 25.8 Å². The van der Waals surface area contributed by atoms with Crippen LogP contribution in [0.2, 0.25) is 5.15 Å². The Morgan fingerprint density at radius 3 is 2.67 bits per heavy atom. The Hall–Kier alpha value is -1.61. The zero-order chi connectivity index (χ0) is 18.4. The third kappa shape index (κ3) is 6.21. The first-order valence-corrected chi connectivity index (χ1v) is 10.4. The first-order valence-electron chi connectivity index (χ1n) is 8.82. The molecule has 2 aromatic rings. The number of ether oxygens (including phenoxy) is 1. The van der Waals surface area contributed by atoms with Gasteiger partial charge in [0.05, 0.1) is 19.3 Å². The van der Waals surface area contributed by atoms with E-state index in [4.69, 9.17) is 22.1 Å². The summed E-state index contributed by atoms with van der Waals surface area (Å²) in [4.78, 5) is 15.1. The van der Waals surface area contributed by atoms with Crippen molar-refractivity contribution in [1.82, 2.24) is 21.1 Å². The number of nitrogens with zero attached hydrogens (tertiary/aromatic N) is 4. The summed E-state index contributed by atoms with van der Waals surface area (Å²) in [6.07, 6.45) is 4.67. The van der Waals surface area contributed by atoms with Gasteiger partial charge in [-0.05, 0) is 49.5 Å². The molecule has 5 N–H and O–H groups in total. The molecule has 7 nitrogen and oxygen atoms in total. The van der Waals surface area contributed by atoms with Gasteiger partial charge in [-0.25, -0.2) is 15.0 Å². The fraction of sp³-hybridized carbons (Fsp3) is 0.500. The molecule has 27 heavy (non-hydrogen) atoms. The molecular weight excluding hydrogens is 384 g/mol. The van der Waals surface area contributed by atoms with Crippen molar-refractivity contribution in [3.63, 3.8) is 0 Å². The molecular formula is C18H27ClN6OS. The molecule has 2 saturated heterocycles. The molecule has 1 unspecified atom stereocenters. The summed E-state index contributed by atoms with van der Waals surface area (Å²) in [5.74, 6) is 4.65. The van der Waals surface area contributed by atoms with Crippen molar-refractivity contribution in [1.29, 1.82) is 0 Å². The van der Waals surface area contributed by atoms with Crippen LogP contribution in [0.4, 0.5) is 11.6 Å². The van der Waals surface area contributed by atoms with Crippen LogP contribution < -0.4 is 16.8 Å². The summed E-state index contributed by atoms with van der Waals surface area (Å²) in [6.45, 7) is 4.34. The zero-order valence-electron chi connectivity index (χ0n) is 15.6. The summed E-state index contributed by atoms with van der Waals surface area (Å²) in [5, 5.41) is 0.332. The maximum absolute atomic E-state index is 5.94. The van der Waals surface area contributed by atoms with Crippen molar-refractivity contribution in [2.24, 2.45) is 0 Å². The number of anilines is 2. The lowest BCUT2D eigenvalue weighted by molar-refractivity contribution is 0.0985. The monoisotopic (exact) mass is 410 g/mol. The SMILES string of the molecule is C1CCSC1.CC1COCCN1c1ccnc(-c2cc(N)nc(Cl)c2)n1.N. The molecule has 1 atom stereocenters. The number of hydrogen-bond acceptors (Lipinski definition) is 8. The van der Waals surface area contributed by atoms with Gasteiger partial charge in [-0.2, -0.15) is 11.8 Å². The lowest BCUT2D eigenvalue weighted by Gasteiger charge is -2.34. The number of aromatic nitrogens is 3. The van der Waals surface area contributed by atoms with Gasteiger partial charge in [0.25, 0.3) is 0 Å². The molecule has 148 valence electrons. The molecule has 4 heterocycles. The highest BCUT2D eigenvalue weighted by atomic mass is 35.5. The molecule has 0 spiro atoms. The maximum atomic E-state index is 5.94. The van der Waals surface area contributed by atoms with Gasteiger partial charge >= 0.3 is 0 Å². The van der Waals surface area contributed by atoms with Crippen LogP contribution >= 0.6 is 23.4 Å². The van der Waals surface area contributed by atoms with Crippen LogP contribution in [0.25, 0.3) is 11.4 Å². The van der Waals surface area contributed by atoms with Crippen molar-refractivity contribution in [3.8, 4) is 11.4 Å². The second-order valence-corrected chi connectivity index (χ2v) is 7.89. The van der Waals surface area contributed by atoms with Gasteiger partial charge in [-0.15, -0.1) is 0 Å². The van der Waals surface area contributed by atoms with E-state index in [1.807, 2.05) is 6.07 Å². The van der Waals surface area contributed by atoms with Crippen LogP contribution in [-0.4, -0.2) is 52.3 Å². The molecule has 2 aliphatic heterocycles. The van der Waals surface area contributed by atoms with Gasteiger partial charge in [0.15, 0.2) is 5.82 Å². The fourth-order valence-electron chi connectivity index (χ4n) is 2.87. The van der Waals surface area contributed by atoms with Crippen LogP contribution in [0.5, 0.6) is 0 Å². The topological polar surface area (TPSA) is 112 Å². The average Bonchev–Trinajstić information content (AvgIpc) is 3.21. The first-order chi connectivity index (χ1) is 12.6. The molecule has 2 aromatic heterocycles. The lowest BCUT2D eigenvalue weighted by Crippen LogP contribution is -2.44. The number of hydrogen-bond donors (Lipinski definition) is 2. The van der Waals surface area contributed by atoms with E-state index in [1.54, 1.807) is 18.3 Å². The summed E-state index contributed by atoms with van der Waals surface area (Å²) in [7, 11) is 0. The molecule has 2 fully saturated rings. The Kier molecular flexibility index (Phi) is 8.56.